The van der Waals surface area contributed by atoms with Gasteiger partial charge in [0.05, 0.1) is 9.92 Å². The zero-order valence-electron chi connectivity index (χ0n) is 13.2. The maximum Gasteiger partial charge on any atom is 0.184 e. The third kappa shape index (κ3) is 4.27. The van der Waals surface area contributed by atoms with Gasteiger partial charge in [-0.25, -0.2) is 13.4 Å². The van der Waals surface area contributed by atoms with Gasteiger partial charge in [0.25, 0.3) is 0 Å². The van der Waals surface area contributed by atoms with Gasteiger partial charge in [-0.2, -0.15) is 0 Å². The molecule has 0 bridgehead atoms. The van der Waals surface area contributed by atoms with E-state index in [1.807, 2.05) is 0 Å². The van der Waals surface area contributed by atoms with Gasteiger partial charge in [0, 0.05) is 17.6 Å². The normalized spacial score (nSPS) is 21.6. The highest BCUT2D eigenvalue weighted by molar-refractivity contribution is 7.90. The number of aromatic nitrogens is 1. The molecule has 130 valence electrons. The van der Waals surface area contributed by atoms with Crippen LogP contribution in [0.15, 0.2) is 34.7 Å². The summed E-state index contributed by atoms with van der Waals surface area (Å²) in [4.78, 5) is 4.22. The molecule has 1 aliphatic heterocycles. The monoisotopic (exact) mass is 386 g/mol. The van der Waals surface area contributed by atoms with Crippen LogP contribution < -0.4 is 10.1 Å². The van der Waals surface area contributed by atoms with Crippen LogP contribution in [0, 0.1) is 0 Å². The average molecular weight is 387 g/mol. The molecule has 24 heavy (non-hydrogen) atoms. The maximum absolute atomic E-state index is 12.5. The lowest BCUT2D eigenvalue weighted by atomic mass is 10.0. The summed E-state index contributed by atoms with van der Waals surface area (Å²) in [6, 6.07) is 5.06. The number of benzene rings is 1. The van der Waals surface area contributed by atoms with Crippen LogP contribution in [0.2, 0.25) is 5.02 Å². The van der Waals surface area contributed by atoms with Gasteiger partial charge in [0.15, 0.2) is 9.84 Å². The fourth-order valence-electron chi connectivity index (χ4n) is 2.71. The molecule has 0 spiro atoms. The van der Waals surface area contributed by atoms with E-state index < -0.39 is 9.84 Å². The molecule has 3 rings (SSSR count). The standard InChI is InChI=1S/C16H19ClN2O3S2/c1-11-8-12(4-5-18-11)22-15-3-2-13(9-14(15)17)24(20,21)10-16-19-6-7-23-16/h2-3,6-7,9,11-12,18H,4-5,8,10H2,1H3/t11-,12+/m1/s1. The number of halogens is 1. The van der Waals surface area contributed by atoms with Gasteiger partial charge in [-0.3, -0.25) is 0 Å². The van der Waals surface area contributed by atoms with Crippen LogP contribution in [0.25, 0.3) is 0 Å². The maximum atomic E-state index is 12.5. The van der Waals surface area contributed by atoms with Crippen LogP contribution in [-0.4, -0.2) is 32.1 Å². The molecule has 1 fully saturated rings. The highest BCUT2D eigenvalue weighted by atomic mass is 35.5. The molecule has 1 N–H and O–H groups in total. The molecule has 2 atom stereocenters. The van der Waals surface area contributed by atoms with Crippen LogP contribution >= 0.6 is 22.9 Å². The molecule has 1 aromatic carbocycles. The van der Waals surface area contributed by atoms with Crippen molar-refractivity contribution in [3.63, 3.8) is 0 Å². The van der Waals surface area contributed by atoms with Gasteiger partial charge < -0.3 is 10.1 Å². The third-order valence-corrected chi connectivity index (χ3v) is 6.81. The second kappa shape index (κ2) is 7.39. The Morgan fingerprint density at radius 3 is 2.96 bits per heavy atom. The largest absolute Gasteiger partial charge is 0.489 e. The summed E-state index contributed by atoms with van der Waals surface area (Å²) in [5, 5.41) is 6.01. The van der Waals surface area contributed by atoms with Gasteiger partial charge >= 0.3 is 0 Å². The Morgan fingerprint density at radius 2 is 2.29 bits per heavy atom. The summed E-state index contributed by atoms with van der Waals surface area (Å²) in [5.74, 6) is 0.413. The average Bonchev–Trinajstić information content (AvgIpc) is 3.01. The van der Waals surface area contributed by atoms with E-state index >= 15 is 0 Å². The van der Waals surface area contributed by atoms with E-state index in [1.54, 1.807) is 23.7 Å². The second-order valence-electron chi connectivity index (χ2n) is 5.90. The van der Waals surface area contributed by atoms with Crippen molar-refractivity contribution in [2.75, 3.05) is 6.54 Å². The smallest absolute Gasteiger partial charge is 0.184 e. The number of ether oxygens (including phenoxy) is 1. The van der Waals surface area contributed by atoms with E-state index in [0.717, 1.165) is 19.4 Å². The van der Waals surface area contributed by atoms with E-state index in [4.69, 9.17) is 16.3 Å². The topological polar surface area (TPSA) is 68.3 Å². The fourth-order valence-corrected chi connectivity index (χ4v) is 5.28. The molecule has 0 unspecified atom stereocenters. The number of piperidine rings is 1. The molecular formula is C16H19ClN2O3S2. The lowest BCUT2D eigenvalue weighted by molar-refractivity contribution is 0.144. The summed E-state index contributed by atoms with van der Waals surface area (Å²) in [6.45, 7) is 3.02. The number of rotatable bonds is 5. The minimum absolute atomic E-state index is 0.0940. The highest BCUT2D eigenvalue weighted by Gasteiger charge is 2.22. The lowest BCUT2D eigenvalue weighted by Crippen LogP contribution is -2.40. The van der Waals surface area contributed by atoms with Crippen molar-refractivity contribution in [2.24, 2.45) is 0 Å². The molecule has 0 saturated carbocycles. The van der Waals surface area contributed by atoms with Crippen molar-refractivity contribution in [1.82, 2.24) is 10.3 Å². The minimum Gasteiger partial charge on any atom is -0.489 e. The molecule has 5 nitrogen and oxygen atoms in total. The SMILES string of the molecule is C[C@@H]1C[C@@H](Oc2ccc(S(=O)(=O)Cc3nccs3)cc2Cl)CCN1. The molecule has 0 aliphatic carbocycles. The molecule has 8 heteroatoms. The summed E-state index contributed by atoms with van der Waals surface area (Å²) >= 11 is 7.58. The number of nitrogens with zero attached hydrogens (tertiary/aromatic N) is 1. The van der Waals surface area contributed by atoms with E-state index in [1.165, 1.54) is 17.4 Å². The minimum atomic E-state index is -3.47. The molecule has 0 radical (unpaired) electrons. The van der Waals surface area contributed by atoms with Crippen LogP contribution in [-0.2, 0) is 15.6 Å². The van der Waals surface area contributed by atoms with Crippen LogP contribution in [0.4, 0.5) is 0 Å². The summed E-state index contributed by atoms with van der Waals surface area (Å²) in [7, 11) is -3.47. The van der Waals surface area contributed by atoms with Crippen molar-refractivity contribution in [2.45, 2.75) is 42.6 Å². The molecule has 2 heterocycles. The zero-order valence-corrected chi connectivity index (χ0v) is 15.6. The molecule has 1 aliphatic rings. The molecule has 1 saturated heterocycles. The van der Waals surface area contributed by atoms with E-state index in [0.29, 0.717) is 21.8 Å². The van der Waals surface area contributed by atoms with Gasteiger partial charge in [0.2, 0.25) is 0 Å². The van der Waals surface area contributed by atoms with Crippen molar-refractivity contribution in [3.05, 3.63) is 39.8 Å². The Morgan fingerprint density at radius 1 is 1.46 bits per heavy atom. The van der Waals surface area contributed by atoms with E-state index in [-0.39, 0.29) is 16.8 Å². The lowest BCUT2D eigenvalue weighted by Gasteiger charge is -2.28. The third-order valence-electron chi connectivity index (χ3n) is 3.93. The van der Waals surface area contributed by atoms with Crippen molar-refractivity contribution >= 4 is 32.8 Å². The van der Waals surface area contributed by atoms with Gasteiger partial charge in [-0.05, 0) is 44.5 Å². The fraction of sp³-hybridized carbons (Fsp3) is 0.438. The number of hydrogen-bond donors (Lipinski definition) is 1. The van der Waals surface area contributed by atoms with Gasteiger partial charge in [-0.1, -0.05) is 11.6 Å². The Balaban J connectivity index is 1.74. The number of nitrogens with one attached hydrogen (secondary N) is 1. The highest BCUT2D eigenvalue weighted by Crippen LogP contribution is 2.31. The molecule has 1 aromatic heterocycles. The predicted molar refractivity (Wildman–Crippen MR) is 95.6 cm³/mol. The first kappa shape index (κ1) is 17.7. The molecule has 0 amide bonds. The van der Waals surface area contributed by atoms with Gasteiger partial charge in [0.1, 0.15) is 22.6 Å². The van der Waals surface area contributed by atoms with Gasteiger partial charge in [-0.15, -0.1) is 11.3 Å². The molecule has 2 aromatic rings. The first-order valence-corrected chi connectivity index (χ1v) is 10.7. The van der Waals surface area contributed by atoms with Crippen LogP contribution in [0.5, 0.6) is 5.75 Å². The van der Waals surface area contributed by atoms with Crippen molar-refractivity contribution < 1.29 is 13.2 Å². The summed E-state index contributed by atoms with van der Waals surface area (Å²) < 4.78 is 30.9. The van der Waals surface area contributed by atoms with Crippen LogP contribution in [0.3, 0.4) is 0 Å². The van der Waals surface area contributed by atoms with Crippen molar-refractivity contribution in [1.29, 1.82) is 0 Å². The van der Waals surface area contributed by atoms with Crippen LogP contribution in [0.1, 0.15) is 24.8 Å². The first-order valence-electron chi connectivity index (χ1n) is 7.75. The summed E-state index contributed by atoms with van der Waals surface area (Å²) in [5.41, 5.74) is 0. The Kier molecular flexibility index (Phi) is 5.44. The Hall–Kier alpha value is -1.15. The Bertz CT molecular complexity index is 794. The quantitative estimate of drug-likeness (QED) is 0.853. The zero-order chi connectivity index (χ0) is 17.2. The number of sulfone groups is 1. The number of hydrogen-bond acceptors (Lipinski definition) is 6. The van der Waals surface area contributed by atoms with E-state index in [9.17, 15) is 8.42 Å². The first-order chi connectivity index (χ1) is 11.4. The molecular weight excluding hydrogens is 368 g/mol. The van der Waals surface area contributed by atoms with Crippen molar-refractivity contribution in [3.8, 4) is 5.75 Å². The summed E-state index contributed by atoms with van der Waals surface area (Å²) in [6.07, 6.45) is 3.50. The predicted octanol–water partition coefficient (Wildman–Crippen LogP) is 3.29. The Labute approximate surface area is 150 Å². The van der Waals surface area contributed by atoms with E-state index in [2.05, 4.69) is 17.2 Å². The number of thiazole rings is 1. The second-order valence-corrected chi connectivity index (χ2v) is 9.27.